The third kappa shape index (κ3) is 1.70. The number of anilines is 2. The predicted molar refractivity (Wildman–Crippen MR) is 67.8 cm³/mol. The topological polar surface area (TPSA) is 55.0 Å². The predicted octanol–water partition coefficient (Wildman–Crippen LogP) is 2.23. The molecule has 1 aliphatic rings. The number of hydrogen-bond acceptors (Lipinski definition) is 4. The summed E-state index contributed by atoms with van der Waals surface area (Å²) in [5.41, 5.74) is 8.30. The Kier molecular flexibility index (Phi) is 2.37. The first kappa shape index (κ1) is 10.4. The number of halogens is 1. The van der Waals surface area contributed by atoms with Crippen LogP contribution < -0.4 is 10.6 Å². The van der Waals surface area contributed by atoms with Gasteiger partial charge in [0.05, 0.1) is 0 Å². The molecular formula is C12H11ClN4. The van der Waals surface area contributed by atoms with E-state index < -0.39 is 0 Å². The Bertz CT molecular complexity index is 545. The molecule has 1 aliphatic heterocycles. The molecule has 2 aromatic rings. The van der Waals surface area contributed by atoms with E-state index in [2.05, 4.69) is 27.0 Å². The fourth-order valence-electron chi connectivity index (χ4n) is 2.08. The van der Waals surface area contributed by atoms with Gasteiger partial charge in [0.25, 0.3) is 0 Å². The highest BCUT2D eigenvalue weighted by atomic mass is 35.5. The number of hydrogen-bond donors (Lipinski definition) is 1. The second-order valence-corrected chi connectivity index (χ2v) is 4.40. The summed E-state index contributed by atoms with van der Waals surface area (Å²) in [6.45, 7) is 1.62. The first-order valence-electron chi connectivity index (χ1n) is 5.33. The van der Waals surface area contributed by atoms with Crippen molar-refractivity contribution in [3.05, 3.63) is 46.7 Å². The second kappa shape index (κ2) is 3.89. The summed E-state index contributed by atoms with van der Waals surface area (Å²) >= 11 is 6.12. The zero-order chi connectivity index (χ0) is 11.8. The summed E-state index contributed by atoms with van der Waals surface area (Å²) in [5.74, 6) is 1.03. The van der Waals surface area contributed by atoms with Crippen molar-refractivity contribution in [2.75, 3.05) is 10.6 Å². The van der Waals surface area contributed by atoms with Crippen LogP contribution in [0.2, 0.25) is 5.02 Å². The Balaban J connectivity index is 1.97. The van der Waals surface area contributed by atoms with Crippen molar-refractivity contribution in [2.24, 2.45) is 0 Å². The highest BCUT2D eigenvalue weighted by Crippen LogP contribution is 2.33. The molecule has 0 fully saturated rings. The largest absolute Gasteiger partial charge is 0.382 e. The normalized spacial score (nSPS) is 13.8. The Morgan fingerprint density at radius 2 is 1.76 bits per heavy atom. The summed E-state index contributed by atoms with van der Waals surface area (Å²) in [4.78, 5) is 10.2. The van der Waals surface area contributed by atoms with E-state index in [-0.39, 0.29) is 0 Å². The molecule has 0 radical (unpaired) electrons. The minimum atomic E-state index is 0.327. The number of rotatable bonds is 1. The molecule has 86 valence electrons. The van der Waals surface area contributed by atoms with Gasteiger partial charge in [0.2, 0.25) is 0 Å². The van der Waals surface area contributed by atoms with Crippen LogP contribution >= 0.6 is 11.6 Å². The molecule has 3 rings (SSSR count). The molecule has 0 amide bonds. The van der Waals surface area contributed by atoms with E-state index >= 15 is 0 Å². The van der Waals surface area contributed by atoms with Gasteiger partial charge in [0.15, 0.2) is 5.82 Å². The van der Waals surface area contributed by atoms with Gasteiger partial charge in [-0.25, -0.2) is 9.97 Å². The highest BCUT2D eigenvalue weighted by Gasteiger charge is 2.22. The third-order valence-corrected chi connectivity index (χ3v) is 3.30. The Labute approximate surface area is 104 Å². The minimum absolute atomic E-state index is 0.327. The van der Waals surface area contributed by atoms with E-state index in [1.165, 1.54) is 17.5 Å². The molecule has 0 bridgehead atoms. The molecule has 0 atom stereocenters. The molecule has 1 aromatic heterocycles. The van der Waals surface area contributed by atoms with E-state index in [0.717, 1.165) is 13.1 Å². The maximum Gasteiger partial charge on any atom is 0.153 e. The van der Waals surface area contributed by atoms with E-state index in [0.29, 0.717) is 16.7 Å². The average Bonchev–Trinajstić information content (AvgIpc) is 2.76. The highest BCUT2D eigenvalue weighted by molar-refractivity contribution is 6.35. The van der Waals surface area contributed by atoms with Crippen LogP contribution in [-0.4, -0.2) is 9.97 Å². The van der Waals surface area contributed by atoms with Crippen molar-refractivity contribution in [1.82, 2.24) is 9.97 Å². The van der Waals surface area contributed by atoms with Crippen molar-refractivity contribution in [1.29, 1.82) is 0 Å². The molecule has 4 nitrogen and oxygen atoms in total. The van der Waals surface area contributed by atoms with Crippen molar-refractivity contribution < 1.29 is 0 Å². The van der Waals surface area contributed by atoms with Gasteiger partial charge in [-0.05, 0) is 11.1 Å². The van der Waals surface area contributed by atoms with E-state index in [1.807, 2.05) is 12.1 Å². The first-order chi connectivity index (χ1) is 8.25. The lowest BCUT2D eigenvalue weighted by Crippen LogP contribution is -2.17. The lowest BCUT2D eigenvalue weighted by molar-refractivity contribution is 0.852. The van der Waals surface area contributed by atoms with Crippen molar-refractivity contribution in [3.63, 3.8) is 0 Å². The minimum Gasteiger partial charge on any atom is -0.382 e. The van der Waals surface area contributed by atoms with Crippen LogP contribution in [0.4, 0.5) is 11.6 Å². The van der Waals surface area contributed by atoms with Crippen LogP contribution in [0, 0.1) is 0 Å². The van der Waals surface area contributed by atoms with Crippen molar-refractivity contribution >= 4 is 23.2 Å². The fourth-order valence-corrected chi connectivity index (χ4v) is 2.29. The molecule has 5 heteroatoms. The molecular weight excluding hydrogens is 236 g/mol. The Morgan fingerprint density at radius 1 is 1.12 bits per heavy atom. The molecule has 1 aromatic carbocycles. The van der Waals surface area contributed by atoms with Gasteiger partial charge in [0.1, 0.15) is 17.2 Å². The van der Waals surface area contributed by atoms with Gasteiger partial charge in [-0.3, -0.25) is 0 Å². The quantitative estimate of drug-likeness (QED) is 0.838. The Hall–Kier alpha value is -1.81. The van der Waals surface area contributed by atoms with Crippen LogP contribution in [-0.2, 0) is 13.1 Å². The fraction of sp³-hybridized carbons (Fsp3) is 0.167. The van der Waals surface area contributed by atoms with Crippen LogP contribution in [0.5, 0.6) is 0 Å². The molecule has 0 aliphatic carbocycles. The first-order valence-corrected chi connectivity index (χ1v) is 5.71. The van der Waals surface area contributed by atoms with Gasteiger partial charge < -0.3 is 10.6 Å². The van der Waals surface area contributed by atoms with E-state index in [1.54, 1.807) is 0 Å². The maximum atomic E-state index is 6.12. The van der Waals surface area contributed by atoms with Crippen LogP contribution in [0.3, 0.4) is 0 Å². The summed E-state index contributed by atoms with van der Waals surface area (Å²) < 4.78 is 0. The van der Waals surface area contributed by atoms with Crippen molar-refractivity contribution in [3.8, 4) is 0 Å². The molecule has 17 heavy (non-hydrogen) atoms. The zero-order valence-corrected chi connectivity index (χ0v) is 9.85. The van der Waals surface area contributed by atoms with E-state index in [9.17, 15) is 0 Å². The second-order valence-electron chi connectivity index (χ2n) is 4.02. The number of benzene rings is 1. The number of aromatic nitrogens is 2. The van der Waals surface area contributed by atoms with Crippen LogP contribution in [0.25, 0.3) is 0 Å². The van der Waals surface area contributed by atoms with Gasteiger partial charge in [-0.15, -0.1) is 0 Å². The molecule has 2 heterocycles. The summed E-state index contributed by atoms with van der Waals surface area (Å²) in [5, 5.41) is 0.431. The maximum absolute atomic E-state index is 6.12. The molecule has 0 saturated heterocycles. The third-order valence-electron chi connectivity index (χ3n) is 2.94. The number of nitrogens with two attached hydrogens (primary N) is 1. The number of nitrogen functional groups attached to an aromatic ring is 1. The van der Waals surface area contributed by atoms with Crippen LogP contribution in [0.15, 0.2) is 30.6 Å². The average molecular weight is 247 g/mol. The smallest absolute Gasteiger partial charge is 0.153 e. The SMILES string of the molecule is Nc1ncnc(N2Cc3ccccc3C2)c1Cl. The number of fused-ring (bicyclic) bond motifs is 1. The summed E-state index contributed by atoms with van der Waals surface area (Å²) in [6, 6.07) is 8.32. The van der Waals surface area contributed by atoms with Gasteiger partial charge >= 0.3 is 0 Å². The van der Waals surface area contributed by atoms with E-state index in [4.69, 9.17) is 17.3 Å². The van der Waals surface area contributed by atoms with Gasteiger partial charge in [-0.2, -0.15) is 0 Å². The molecule has 0 saturated carbocycles. The van der Waals surface area contributed by atoms with Gasteiger partial charge in [0, 0.05) is 13.1 Å². The Morgan fingerprint density at radius 3 is 2.41 bits per heavy atom. The summed E-state index contributed by atoms with van der Waals surface area (Å²) in [6.07, 6.45) is 1.44. The summed E-state index contributed by atoms with van der Waals surface area (Å²) in [7, 11) is 0. The lowest BCUT2D eigenvalue weighted by Gasteiger charge is -2.17. The molecule has 0 spiro atoms. The molecule has 2 N–H and O–H groups in total. The standard InChI is InChI=1S/C12H11ClN4/c13-10-11(14)15-7-16-12(10)17-5-8-3-1-2-4-9(8)6-17/h1-4,7H,5-6H2,(H2,14,15,16). The number of nitrogens with zero attached hydrogens (tertiary/aromatic N) is 3. The molecule has 0 unspecified atom stereocenters. The monoisotopic (exact) mass is 246 g/mol. The van der Waals surface area contributed by atoms with Crippen LogP contribution in [0.1, 0.15) is 11.1 Å². The zero-order valence-electron chi connectivity index (χ0n) is 9.10. The van der Waals surface area contributed by atoms with Crippen molar-refractivity contribution in [2.45, 2.75) is 13.1 Å². The lowest BCUT2D eigenvalue weighted by atomic mass is 10.1. The van der Waals surface area contributed by atoms with Gasteiger partial charge in [-0.1, -0.05) is 35.9 Å².